The van der Waals surface area contributed by atoms with Gasteiger partial charge >= 0.3 is 0 Å². The standard InChI is InChI=1S/C28H22.C2H6/c1-19-11-15-21(16-12-19)27-23-7-3-5-9-25(23)28(22-17-13-20(2)14-18-22)26-10-6-4-8-24(26)27;1-2/h3-18H,1-2H3;1-2H3. The second-order valence-corrected chi connectivity index (χ2v) is 7.57. The van der Waals surface area contributed by atoms with Gasteiger partial charge in [-0.1, -0.05) is 122 Å². The summed E-state index contributed by atoms with van der Waals surface area (Å²) in [6.45, 7) is 8.28. The third-order valence-corrected chi connectivity index (χ3v) is 5.61. The molecule has 0 radical (unpaired) electrons. The molecule has 5 aromatic carbocycles. The molecule has 5 aromatic rings. The lowest BCUT2D eigenvalue weighted by molar-refractivity contribution is 1.47. The van der Waals surface area contributed by atoms with Crippen LogP contribution in [0.3, 0.4) is 0 Å². The molecule has 0 unspecified atom stereocenters. The van der Waals surface area contributed by atoms with E-state index in [2.05, 4.69) is 111 Å². The number of rotatable bonds is 2. The van der Waals surface area contributed by atoms with E-state index in [1.54, 1.807) is 0 Å². The van der Waals surface area contributed by atoms with Crippen molar-refractivity contribution in [1.82, 2.24) is 0 Å². The van der Waals surface area contributed by atoms with Crippen LogP contribution in [0.15, 0.2) is 97.1 Å². The van der Waals surface area contributed by atoms with Crippen LogP contribution in [0.25, 0.3) is 43.8 Å². The van der Waals surface area contributed by atoms with Gasteiger partial charge in [-0.3, -0.25) is 0 Å². The molecule has 0 aliphatic carbocycles. The minimum Gasteiger partial charge on any atom is -0.0683 e. The molecule has 0 nitrogen and oxygen atoms in total. The molecule has 148 valence electrons. The molecule has 0 aromatic heterocycles. The van der Waals surface area contributed by atoms with Crippen LogP contribution in [0, 0.1) is 13.8 Å². The minimum absolute atomic E-state index is 1.27. The third-order valence-electron chi connectivity index (χ3n) is 5.61. The predicted molar refractivity (Wildman–Crippen MR) is 133 cm³/mol. The van der Waals surface area contributed by atoms with Gasteiger partial charge in [-0.2, -0.15) is 0 Å². The van der Waals surface area contributed by atoms with E-state index < -0.39 is 0 Å². The predicted octanol–water partition coefficient (Wildman–Crippen LogP) is 8.97. The second-order valence-electron chi connectivity index (χ2n) is 7.57. The topological polar surface area (TPSA) is 0 Å². The zero-order valence-corrected chi connectivity index (χ0v) is 18.2. The Kier molecular flexibility index (Phi) is 5.68. The van der Waals surface area contributed by atoms with E-state index in [-0.39, 0.29) is 0 Å². The van der Waals surface area contributed by atoms with Crippen LogP contribution in [0.1, 0.15) is 25.0 Å². The summed E-state index contributed by atoms with van der Waals surface area (Å²) in [5.41, 5.74) is 7.76. The molecule has 0 atom stereocenters. The van der Waals surface area contributed by atoms with E-state index in [1.807, 2.05) is 13.8 Å². The van der Waals surface area contributed by atoms with E-state index in [0.29, 0.717) is 0 Å². The van der Waals surface area contributed by atoms with Crippen LogP contribution in [0.2, 0.25) is 0 Å². The zero-order valence-electron chi connectivity index (χ0n) is 18.2. The molecule has 0 heterocycles. The van der Waals surface area contributed by atoms with Crippen molar-refractivity contribution in [1.29, 1.82) is 0 Å². The molecule has 0 heteroatoms. The maximum absolute atomic E-state index is 2.26. The fraction of sp³-hybridized carbons (Fsp3) is 0.133. The van der Waals surface area contributed by atoms with Gasteiger partial charge in [-0.25, -0.2) is 0 Å². The molecule has 0 N–H and O–H groups in total. The molecule has 0 aliphatic heterocycles. The van der Waals surface area contributed by atoms with Crippen molar-refractivity contribution in [3.05, 3.63) is 108 Å². The average Bonchev–Trinajstić information content (AvgIpc) is 2.80. The highest BCUT2D eigenvalue weighted by Gasteiger charge is 2.15. The number of benzene rings is 5. The Morgan fingerprint density at radius 2 is 0.633 bits per heavy atom. The van der Waals surface area contributed by atoms with Gasteiger partial charge in [0.2, 0.25) is 0 Å². The van der Waals surface area contributed by atoms with Crippen molar-refractivity contribution in [2.24, 2.45) is 0 Å². The first-order chi connectivity index (χ1) is 14.7. The lowest BCUT2D eigenvalue weighted by Crippen LogP contribution is -1.90. The SMILES string of the molecule is CC.Cc1ccc(-c2c3ccccc3c(-c3ccc(C)cc3)c3ccccc23)cc1. The molecule has 0 bridgehead atoms. The highest BCUT2D eigenvalue weighted by molar-refractivity contribution is 6.21. The Morgan fingerprint density at radius 3 is 0.900 bits per heavy atom. The van der Waals surface area contributed by atoms with Crippen LogP contribution in [-0.2, 0) is 0 Å². The lowest BCUT2D eigenvalue weighted by atomic mass is 9.86. The van der Waals surface area contributed by atoms with Crippen molar-refractivity contribution < 1.29 is 0 Å². The van der Waals surface area contributed by atoms with Crippen LogP contribution >= 0.6 is 0 Å². The van der Waals surface area contributed by atoms with Crippen LogP contribution in [0.5, 0.6) is 0 Å². The van der Waals surface area contributed by atoms with Crippen molar-refractivity contribution in [3.63, 3.8) is 0 Å². The Morgan fingerprint density at radius 1 is 0.367 bits per heavy atom. The van der Waals surface area contributed by atoms with Gasteiger partial charge in [0.1, 0.15) is 0 Å². The number of hydrogen-bond donors (Lipinski definition) is 0. The summed E-state index contributed by atoms with van der Waals surface area (Å²) in [4.78, 5) is 0. The van der Waals surface area contributed by atoms with Crippen molar-refractivity contribution in [2.45, 2.75) is 27.7 Å². The number of aryl methyl sites for hydroxylation is 2. The van der Waals surface area contributed by atoms with Crippen molar-refractivity contribution in [3.8, 4) is 22.3 Å². The van der Waals surface area contributed by atoms with E-state index in [4.69, 9.17) is 0 Å². The number of fused-ring (bicyclic) bond motifs is 2. The molecule has 0 aliphatic rings. The minimum atomic E-state index is 1.27. The van der Waals surface area contributed by atoms with Crippen molar-refractivity contribution in [2.75, 3.05) is 0 Å². The van der Waals surface area contributed by atoms with E-state index in [1.165, 1.54) is 54.9 Å². The Hall–Kier alpha value is -3.38. The van der Waals surface area contributed by atoms with E-state index in [0.717, 1.165) is 0 Å². The summed E-state index contributed by atoms with van der Waals surface area (Å²) in [5.74, 6) is 0. The highest BCUT2D eigenvalue weighted by atomic mass is 14.2. The van der Waals surface area contributed by atoms with Crippen molar-refractivity contribution >= 4 is 21.5 Å². The molecule has 0 spiro atoms. The molecule has 0 amide bonds. The summed E-state index contributed by atoms with van der Waals surface area (Å²) >= 11 is 0. The molecule has 30 heavy (non-hydrogen) atoms. The summed E-state index contributed by atoms with van der Waals surface area (Å²) < 4.78 is 0. The molecular weight excluding hydrogens is 360 g/mol. The smallest absolute Gasteiger partial charge is 0.00264 e. The van der Waals surface area contributed by atoms with Gasteiger partial charge in [0, 0.05) is 0 Å². The van der Waals surface area contributed by atoms with E-state index in [9.17, 15) is 0 Å². The Labute approximate surface area is 179 Å². The summed E-state index contributed by atoms with van der Waals surface area (Å²) in [6.07, 6.45) is 0. The van der Waals surface area contributed by atoms with Crippen LogP contribution < -0.4 is 0 Å². The first kappa shape index (κ1) is 19.9. The van der Waals surface area contributed by atoms with Gasteiger partial charge in [0.05, 0.1) is 0 Å². The van der Waals surface area contributed by atoms with Gasteiger partial charge in [0.25, 0.3) is 0 Å². The largest absolute Gasteiger partial charge is 0.0683 e. The molecule has 5 rings (SSSR count). The number of hydrogen-bond acceptors (Lipinski definition) is 0. The molecule has 0 fully saturated rings. The fourth-order valence-electron chi connectivity index (χ4n) is 4.19. The molecule has 0 saturated heterocycles. The Balaban J connectivity index is 0.00000106. The summed E-state index contributed by atoms with van der Waals surface area (Å²) in [7, 11) is 0. The van der Waals surface area contributed by atoms with Gasteiger partial charge in [-0.05, 0) is 57.6 Å². The maximum Gasteiger partial charge on any atom is -0.00264 e. The Bertz CT molecular complexity index is 1130. The van der Waals surface area contributed by atoms with Gasteiger partial charge in [0.15, 0.2) is 0 Å². The normalized spacial score (nSPS) is 10.7. The van der Waals surface area contributed by atoms with Gasteiger partial charge < -0.3 is 0 Å². The maximum atomic E-state index is 2.26. The molecular formula is C30H28. The average molecular weight is 389 g/mol. The summed E-state index contributed by atoms with van der Waals surface area (Å²) in [6, 6.07) is 35.4. The molecule has 0 saturated carbocycles. The monoisotopic (exact) mass is 388 g/mol. The second kappa shape index (κ2) is 8.55. The fourth-order valence-corrected chi connectivity index (χ4v) is 4.19. The first-order valence-corrected chi connectivity index (χ1v) is 10.8. The summed E-state index contributed by atoms with van der Waals surface area (Å²) in [5, 5.41) is 5.22. The van der Waals surface area contributed by atoms with E-state index >= 15 is 0 Å². The first-order valence-electron chi connectivity index (χ1n) is 10.8. The van der Waals surface area contributed by atoms with Crippen LogP contribution in [-0.4, -0.2) is 0 Å². The highest BCUT2D eigenvalue weighted by Crippen LogP contribution is 2.43. The van der Waals surface area contributed by atoms with Gasteiger partial charge in [-0.15, -0.1) is 0 Å². The quantitative estimate of drug-likeness (QED) is 0.265. The lowest BCUT2D eigenvalue weighted by Gasteiger charge is -2.17. The third kappa shape index (κ3) is 3.50. The van der Waals surface area contributed by atoms with Crippen LogP contribution in [0.4, 0.5) is 0 Å². The zero-order chi connectivity index (χ0) is 21.1.